The number of aliphatic hydroxyl groups is 9. The highest BCUT2D eigenvalue weighted by Crippen LogP contribution is 2.44. The molecule has 4 amide bonds. The van der Waals surface area contributed by atoms with Gasteiger partial charge < -0.3 is 108 Å². The monoisotopic (exact) mass is 1400 g/mol. The highest BCUT2D eigenvalue weighted by molar-refractivity contribution is 6.07. The largest absolute Gasteiger partial charge is 0.493 e. The number of hydrogen-bond donors (Lipinski definition) is 10. The minimum Gasteiger partial charge on any atom is -0.493 e. The van der Waals surface area contributed by atoms with Crippen LogP contribution in [0.4, 0.5) is 21.0 Å². The summed E-state index contributed by atoms with van der Waals surface area (Å²) in [5, 5.41) is 96.2. The molecule has 0 saturated carbocycles. The highest BCUT2D eigenvalue weighted by Gasteiger charge is 2.50. The predicted octanol–water partition coefficient (Wildman–Crippen LogP) is 2.58. The number of Topliss-reactive ketones (excluding diaryl/α,β-unsaturated/α-hetero) is 2. The average Bonchev–Trinajstić information content (AvgIpc) is 1.59. The van der Waals surface area contributed by atoms with E-state index in [1.165, 1.54) is 78.6 Å². The molecule has 6 heterocycles. The number of fused-ring (bicyclic) bond motifs is 4. The zero-order valence-electron chi connectivity index (χ0n) is 55.5. The van der Waals surface area contributed by atoms with Crippen molar-refractivity contribution in [2.75, 3.05) is 76.8 Å². The molecule has 4 fully saturated rings. The van der Waals surface area contributed by atoms with E-state index in [0.717, 1.165) is 9.80 Å². The van der Waals surface area contributed by atoms with Gasteiger partial charge in [-0.3, -0.25) is 19.2 Å². The molecule has 4 saturated heterocycles. The van der Waals surface area contributed by atoms with Crippen LogP contribution >= 0.6 is 0 Å². The van der Waals surface area contributed by atoms with Gasteiger partial charge >= 0.3 is 12.2 Å². The molecule has 2 unspecified atom stereocenters. The first-order valence-corrected chi connectivity index (χ1v) is 32.7. The molecule has 10 rings (SSSR count). The number of carbonyl (C=O) groups excluding carboxylic acids is 6. The number of amides is 4. The molecular formula is C69H85N5O26. The second-order valence-electron chi connectivity index (χ2n) is 25.3. The molecule has 0 radical (unpaired) electrons. The van der Waals surface area contributed by atoms with Gasteiger partial charge in [-0.2, -0.15) is 0 Å². The van der Waals surface area contributed by atoms with Crippen LogP contribution in [0.3, 0.4) is 0 Å². The lowest BCUT2D eigenvalue weighted by atomic mass is 9.99. The first kappa shape index (κ1) is 74.3. The average molecular weight is 1400 g/mol. The molecule has 542 valence electrons. The topological polar surface area (TPSA) is 425 Å². The zero-order valence-corrected chi connectivity index (χ0v) is 55.5. The summed E-state index contributed by atoms with van der Waals surface area (Å²) in [4.78, 5) is 94.4. The normalized spacial score (nSPS) is 25.7. The third-order valence-electron chi connectivity index (χ3n) is 18.2. The third-order valence-corrected chi connectivity index (χ3v) is 18.2. The zero-order chi connectivity index (χ0) is 71.8. The molecule has 13 atom stereocenters. The number of methoxy groups -OCH3 is 2. The Morgan fingerprint density at radius 2 is 1.09 bits per heavy atom. The molecule has 0 aromatic heterocycles. The van der Waals surface area contributed by atoms with Crippen molar-refractivity contribution in [3.63, 3.8) is 0 Å². The Balaban J connectivity index is 0.810. The van der Waals surface area contributed by atoms with Crippen LogP contribution in [0.25, 0.3) is 0 Å². The van der Waals surface area contributed by atoms with E-state index in [-0.39, 0.29) is 146 Å². The molecule has 0 bridgehead atoms. The van der Waals surface area contributed by atoms with Gasteiger partial charge in [-0.05, 0) is 105 Å². The highest BCUT2D eigenvalue weighted by atomic mass is 16.7. The Morgan fingerprint density at radius 1 is 0.580 bits per heavy atom. The van der Waals surface area contributed by atoms with Gasteiger partial charge in [0, 0.05) is 51.8 Å². The minimum atomic E-state index is -1.79. The molecule has 6 aliphatic heterocycles. The number of ketones is 2. The summed E-state index contributed by atoms with van der Waals surface area (Å²) >= 11 is 0. The minimum absolute atomic E-state index is 0.000617. The SMILES string of the molecule is C=C1C[C@H]2C(O)N(C(=O)OCc3ccc(O[C@@H]4OC[C@@H](O)[C@H](O)[C@H]4O)c(C(=O)CCCON)c3)c3cc(OCCCCCOc4cc5c(cc4OC)C(=O)N4CC(=C)C[C@H]4C(O)N5C(=O)OCc4ccc(O[C@@H]5O[C@H](CO)[C@H](O)[C@H](O)[C@H]5O)c(C(=O)CCCOC)c4)c(C)cc3C(=O)N2C1. The number of aliphatic hydroxyl groups excluding tert-OH is 9. The fraction of sp³-hybridized carbons (Fsp3) is 0.507. The van der Waals surface area contributed by atoms with Gasteiger partial charge in [-0.1, -0.05) is 36.4 Å². The third kappa shape index (κ3) is 16.2. The fourth-order valence-electron chi connectivity index (χ4n) is 12.8. The molecule has 0 spiro atoms. The first-order chi connectivity index (χ1) is 48.0. The Labute approximate surface area is 574 Å². The smallest absolute Gasteiger partial charge is 0.416 e. The number of nitrogens with zero attached hydrogens (tertiary/aromatic N) is 4. The number of unbranched alkanes of at least 4 members (excludes halogenated alkanes) is 2. The van der Waals surface area contributed by atoms with Crippen LogP contribution in [0.2, 0.25) is 0 Å². The van der Waals surface area contributed by atoms with Crippen molar-refractivity contribution in [3.8, 4) is 28.7 Å². The Bertz CT molecular complexity index is 3680. The maximum atomic E-state index is 14.5. The van der Waals surface area contributed by atoms with E-state index in [4.69, 9.17) is 53.3 Å². The van der Waals surface area contributed by atoms with Gasteiger partial charge in [0.05, 0.1) is 85.9 Å². The second kappa shape index (κ2) is 33.0. The molecule has 100 heavy (non-hydrogen) atoms. The van der Waals surface area contributed by atoms with E-state index in [1.807, 2.05) is 0 Å². The number of rotatable bonds is 28. The summed E-state index contributed by atoms with van der Waals surface area (Å²) in [6, 6.07) is 12.5. The van der Waals surface area contributed by atoms with E-state index in [2.05, 4.69) is 18.0 Å². The van der Waals surface area contributed by atoms with Crippen molar-refractivity contribution in [2.45, 2.75) is 158 Å². The van der Waals surface area contributed by atoms with Gasteiger partial charge in [0.25, 0.3) is 11.8 Å². The van der Waals surface area contributed by atoms with Crippen LogP contribution in [-0.4, -0.2) is 238 Å². The second-order valence-corrected chi connectivity index (χ2v) is 25.3. The lowest BCUT2D eigenvalue weighted by Crippen LogP contribution is -2.60. The summed E-state index contributed by atoms with van der Waals surface area (Å²) < 4.78 is 57.8. The summed E-state index contributed by atoms with van der Waals surface area (Å²) in [5.74, 6) is 3.72. The van der Waals surface area contributed by atoms with Gasteiger partial charge in [-0.15, -0.1) is 0 Å². The lowest BCUT2D eigenvalue weighted by Gasteiger charge is -2.39. The lowest BCUT2D eigenvalue weighted by molar-refractivity contribution is -0.277. The fourth-order valence-corrected chi connectivity index (χ4v) is 12.8. The number of carbonyl (C=O) groups is 6. The number of benzene rings is 4. The number of hydrogen-bond acceptors (Lipinski definition) is 27. The van der Waals surface area contributed by atoms with Crippen LogP contribution in [0.1, 0.15) is 116 Å². The number of ether oxygens (including phenoxy) is 10. The summed E-state index contributed by atoms with van der Waals surface area (Å²) in [6.07, 6.45) is -17.4. The molecular weight excluding hydrogens is 1310 g/mol. The van der Waals surface area contributed by atoms with Crippen molar-refractivity contribution in [1.82, 2.24) is 9.80 Å². The Hall–Kier alpha value is -8.38. The Morgan fingerprint density at radius 3 is 1.62 bits per heavy atom. The van der Waals surface area contributed by atoms with E-state index in [9.17, 15) is 74.7 Å². The van der Waals surface area contributed by atoms with Gasteiger partial charge in [0.2, 0.25) is 12.6 Å². The first-order valence-electron chi connectivity index (χ1n) is 32.7. The van der Waals surface area contributed by atoms with Gasteiger partial charge in [0.15, 0.2) is 35.5 Å². The molecule has 31 nitrogen and oxygen atoms in total. The van der Waals surface area contributed by atoms with E-state index < -0.39 is 135 Å². The molecule has 6 aliphatic rings. The van der Waals surface area contributed by atoms with Crippen molar-refractivity contribution >= 4 is 46.9 Å². The number of nitrogens with two attached hydrogens (primary N) is 1. The maximum Gasteiger partial charge on any atom is 0.416 e. The number of aryl methyl sites for hydroxylation is 1. The summed E-state index contributed by atoms with van der Waals surface area (Å²) in [6.45, 7) is 8.55. The molecule has 0 aliphatic carbocycles. The van der Waals surface area contributed by atoms with E-state index in [0.29, 0.717) is 48.0 Å². The van der Waals surface area contributed by atoms with Crippen molar-refractivity contribution in [1.29, 1.82) is 0 Å². The maximum absolute atomic E-state index is 14.5. The molecule has 11 N–H and O–H groups in total. The van der Waals surface area contributed by atoms with Crippen LogP contribution in [0.15, 0.2) is 85.0 Å². The standard InChI is InChI=1S/C69H85N5O26/c1-35-21-46-64(86)73(68(88)95-32-38-13-15-51(42(24-38)49(77)12-10-20-97-70)98-66-60(82)57(79)50(78)34-94-66)44-27-53(37(3)23-40(44)62(84)71(46)29-35)92-18-7-6-8-19-93-55-28-45-41(26-54(55)91-5)63(85)72-30-36(2)22-47(72)65(87)74(45)69(89)96-33-39-14-16-52(43(25-39)48(76)11-9-17-90-4)99-67-61(83)59(81)58(80)56(31-75)100-67/h13-16,23-28,46-47,50,56-61,64-67,75,78-83,86-87H,1-2,6-12,17-22,29-34,70H2,3-5H3/t46-,47-,50+,56+,57-,58-,59-,60+,61+,64?,65?,66-,67+/m0/s1. The van der Waals surface area contributed by atoms with Gasteiger partial charge in [-0.25, -0.2) is 25.3 Å². The molecule has 4 aromatic carbocycles. The summed E-state index contributed by atoms with van der Waals surface area (Å²) in [5.41, 5.74) is 2.39. The van der Waals surface area contributed by atoms with Crippen LogP contribution in [0.5, 0.6) is 28.7 Å². The van der Waals surface area contributed by atoms with Crippen LogP contribution < -0.4 is 39.4 Å². The van der Waals surface area contributed by atoms with E-state index >= 15 is 0 Å². The Kier molecular flexibility index (Phi) is 24.5. The number of anilines is 2. The van der Waals surface area contributed by atoms with Crippen molar-refractivity contribution in [3.05, 3.63) is 124 Å². The van der Waals surface area contributed by atoms with Crippen LogP contribution in [0, 0.1) is 6.92 Å². The van der Waals surface area contributed by atoms with Crippen molar-refractivity contribution in [2.24, 2.45) is 5.90 Å². The molecule has 31 heteroatoms. The van der Waals surface area contributed by atoms with E-state index in [1.54, 1.807) is 13.0 Å². The quantitative estimate of drug-likeness (QED) is 0.0169. The van der Waals surface area contributed by atoms with Gasteiger partial charge in [0.1, 0.15) is 73.2 Å². The van der Waals surface area contributed by atoms with Crippen LogP contribution in [-0.2, 0) is 41.7 Å². The molecule has 4 aromatic rings. The summed E-state index contributed by atoms with van der Waals surface area (Å²) in [7, 11) is 2.85. The van der Waals surface area contributed by atoms with Crippen molar-refractivity contribution < 1.29 is 127 Å². The predicted molar refractivity (Wildman–Crippen MR) is 348 cm³/mol.